The predicted octanol–water partition coefficient (Wildman–Crippen LogP) is 0.469. The van der Waals surface area contributed by atoms with E-state index in [0.29, 0.717) is 0 Å². The molecular formula is C8H12F3NO3. The molecule has 0 saturated carbocycles. The van der Waals surface area contributed by atoms with E-state index in [1.807, 2.05) is 0 Å². The van der Waals surface area contributed by atoms with Crippen LogP contribution in [0.3, 0.4) is 0 Å². The van der Waals surface area contributed by atoms with Crippen LogP contribution in [0.5, 0.6) is 0 Å². The van der Waals surface area contributed by atoms with Gasteiger partial charge in [0.1, 0.15) is 6.04 Å². The number of halogens is 3. The van der Waals surface area contributed by atoms with E-state index in [9.17, 15) is 18.0 Å². The van der Waals surface area contributed by atoms with Crippen molar-refractivity contribution < 1.29 is 27.4 Å². The highest BCUT2D eigenvalue weighted by Crippen LogP contribution is 2.39. The molecule has 0 aromatic carbocycles. The van der Waals surface area contributed by atoms with Crippen LogP contribution in [0.15, 0.2) is 0 Å². The molecule has 0 unspecified atom stereocenters. The zero-order valence-electron chi connectivity index (χ0n) is 8.35. The summed E-state index contributed by atoms with van der Waals surface area (Å²) in [6.45, 7) is -0.438. The average molecular weight is 227 g/mol. The largest absolute Gasteiger partial charge is 0.468 e. The van der Waals surface area contributed by atoms with Gasteiger partial charge < -0.3 is 14.8 Å². The summed E-state index contributed by atoms with van der Waals surface area (Å²) < 4.78 is 46.8. The van der Waals surface area contributed by atoms with E-state index in [1.165, 1.54) is 0 Å². The number of hydrogen-bond donors (Lipinski definition) is 1. The molecule has 0 aromatic heterocycles. The van der Waals surface area contributed by atoms with Crippen molar-refractivity contribution in [3.63, 3.8) is 0 Å². The Morgan fingerprint density at radius 3 is 2.40 bits per heavy atom. The fourth-order valence-electron chi connectivity index (χ4n) is 1.56. The molecule has 1 aliphatic heterocycles. The number of methoxy groups -OCH3 is 2. The molecular weight excluding hydrogens is 215 g/mol. The van der Waals surface area contributed by atoms with Gasteiger partial charge in [0.25, 0.3) is 0 Å². The maximum Gasteiger partial charge on any atom is 0.418 e. The van der Waals surface area contributed by atoms with Gasteiger partial charge in [-0.1, -0.05) is 0 Å². The van der Waals surface area contributed by atoms with Gasteiger partial charge in [0.15, 0.2) is 5.60 Å². The van der Waals surface area contributed by atoms with E-state index in [-0.39, 0.29) is 0 Å². The molecule has 15 heavy (non-hydrogen) atoms. The molecule has 1 saturated heterocycles. The van der Waals surface area contributed by atoms with Crippen molar-refractivity contribution in [2.45, 2.75) is 24.2 Å². The minimum Gasteiger partial charge on any atom is -0.468 e. The number of nitrogens with one attached hydrogen (secondary N) is 1. The summed E-state index contributed by atoms with van der Waals surface area (Å²) in [5, 5.41) is 2.44. The van der Waals surface area contributed by atoms with Crippen molar-refractivity contribution in [3.05, 3.63) is 0 Å². The number of esters is 1. The molecule has 1 N–H and O–H groups in total. The Labute approximate surface area is 84.7 Å². The number of rotatable bonds is 2. The topological polar surface area (TPSA) is 47.6 Å². The van der Waals surface area contributed by atoms with Gasteiger partial charge >= 0.3 is 12.1 Å². The third-order valence-electron chi connectivity index (χ3n) is 2.56. The molecule has 1 heterocycles. The van der Waals surface area contributed by atoms with Gasteiger partial charge in [-0.15, -0.1) is 0 Å². The lowest BCUT2D eigenvalue weighted by Crippen LogP contribution is -2.48. The number of carbonyl (C=O) groups is 1. The van der Waals surface area contributed by atoms with Gasteiger partial charge in [0.05, 0.1) is 7.11 Å². The maximum atomic E-state index is 12.6. The number of carbonyl (C=O) groups excluding carboxylic acids is 1. The summed E-state index contributed by atoms with van der Waals surface area (Å²) in [5.74, 6) is -0.710. The van der Waals surface area contributed by atoms with Crippen molar-refractivity contribution in [3.8, 4) is 0 Å². The van der Waals surface area contributed by atoms with Gasteiger partial charge in [0.2, 0.25) is 0 Å². The molecule has 0 bridgehead atoms. The zero-order valence-corrected chi connectivity index (χ0v) is 8.35. The Bertz CT molecular complexity index is 256. The van der Waals surface area contributed by atoms with Crippen LogP contribution in [-0.4, -0.2) is 44.6 Å². The lowest BCUT2D eigenvalue weighted by Gasteiger charge is -2.29. The van der Waals surface area contributed by atoms with Crippen molar-refractivity contribution in [1.82, 2.24) is 5.32 Å². The van der Waals surface area contributed by atoms with Crippen LogP contribution in [0.25, 0.3) is 0 Å². The highest BCUT2D eigenvalue weighted by Gasteiger charge is 2.60. The normalized spacial score (nSPS) is 31.7. The number of alkyl halides is 3. The predicted molar refractivity (Wildman–Crippen MR) is 44.2 cm³/mol. The summed E-state index contributed by atoms with van der Waals surface area (Å²) in [5.41, 5.74) is -2.29. The van der Waals surface area contributed by atoms with Crippen LogP contribution in [0.2, 0.25) is 0 Å². The molecule has 4 nitrogen and oxygen atoms in total. The maximum absolute atomic E-state index is 12.6. The average Bonchev–Trinajstić information content (AvgIpc) is 2.61. The first-order valence-electron chi connectivity index (χ1n) is 4.29. The Kier molecular flexibility index (Phi) is 3.25. The molecule has 1 rings (SSSR count). The van der Waals surface area contributed by atoms with Gasteiger partial charge in [-0.05, 0) is 0 Å². The van der Waals surface area contributed by atoms with Crippen LogP contribution >= 0.6 is 0 Å². The number of hydrogen-bond acceptors (Lipinski definition) is 4. The second-order valence-electron chi connectivity index (χ2n) is 3.36. The smallest absolute Gasteiger partial charge is 0.418 e. The fraction of sp³-hybridized carbons (Fsp3) is 0.875. The Balaban J connectivity index is 2.78. The second-order valence-corrected chi connectivity index (χ2v) is 3.36. The molecule has 7 heteroatoms. The van der Waals surface area contributed by atoms with Gasteiger partial charge in [0, 0.05) is 20.1 Å². The first kappa shape index (κ1) is 12.3. The monoisotopic (exact) mass is 227 g/mol. The third kappa shape index (κ3) is 2.07. The quantitative estimate of drug-likeness (QED) is 0.696. The molecule has 0 amide bonds. The van der Waals surface area contributed by atoms with Crippen LogP contribution < -0.4 is 5.32 Å². The number of ether oxygens (including phenoxy) is 2. The summed E-state index contributed by atoms with van der Waals surface area (Å²) in [6, 6.07) is -0.962. The van der Waals surface area contributed by atoms with E-state index < -0.39 is 36.8 Å². The lowest BCUT2D eigenvalue weighted by molar-refractivity contribution is -0.262. The third-order valence-corrected chi connectivity index (χ3v) is 2.56. The Morgan fingerprint density at radius 1 is 1.47 bits per heavy atom. The van der Waals surface area contributed by atoms with Crippen LogP contribution in [-0.2, 0) is 14.3 Å². The van der Waals surface area contributed by atoms with Crippen LogP contribution in [0.1, 0.15) is 6.42 Å². The van der Waals surface area contributed by atoms with Crippen molar-refractivity contribution in [2.75, 3.05) is 20.8 Å². The molecule has 2 atom stereocenters. The minimum absolute atomic E-state index is 0.438. The highest BCUT2D eigenvalue weighted by atomic mass is 19.4. The molecule has 0 aliphatic carbocycles. The highest BCUT2D eigenvalue weighted by molar-refractivity contribution is 5.76. The fourth-order valence-corrected chi connectivity index (χ4v) is 1.56. The van der Waals surface area contributed by atoms with E-state index in [0.717, 1.165) is 14.2 Å². The first-order chi connectivity index (χ1) is 6.86. The molecule has 0 aromatic rings. The Morgan fingerprint density at radius 2 is 2.07 bits per heavy atom. The summed E-state index contributed by atoms with van der Waals surface area (Å²) in [4.78, 5) is 11.0. The molecule has 0 radical (unpaired) electrons. The lowest BCUT2D eigenvalue weighted by atomic mass is 9.99. The van der Waals surface area contributed by atoms with Crippen molar-refractivity contribution in [1.29, 1.82) is 0 Å². The van der Waals surface area contributed by atoms with Gasteiger partial charge in [-0.3, -0.25) is 4.79 Å². The van der Waals surface area contributed by atoms with Crippen LogP contribution in [0.4, 0.5) is 13.2 Å². The van der Waals surface area contributed by atoms with E-state index in [4.69, 9.17) is 0 Å². The zero-order chi connectivity index (χ0) is 11.7. The standard InChI is InChI=1S/C8H12F3NO3/c1-14-6(13)5-3-7(15-2,4-12-5)8(9,10)11/h5,12H,3-4H2,1-2H3/t5-,7-/m0/s1. The summed E-state index contributed by atoms with van der Waals surface area (Å²) >= 11 is 0. The summed E-state index contributed by atoms with van der Waals surface area (Å²) in [7, 11) is 2.11. The van der Waals surface area contributed by atoms with E-state index >= 15 is 0 Å². The minimum atomic E-state index is -4.50. The van der Waals surface area contributed by atoms with Gasteiger partial charge in [-0.2, -0.15) is 13.2 Å². The van der Waals surface area contributed by atoms with E-state index in [2.05, 4.69) is 14.8 Å². The van der Waals surface area contributed by atoms with Crippen LogP contribution in [0, 0.1) is 0 Å². The van der Waals surface area contributed by atoms with Crippen molar-refractivity contribution >= 4 is 5.97 Å². The van der Waals surface area contributed by atoms with Crippen molar-refractivity contribution in [2.24, 2.45) is 0 Å². The molecule has 88 valence electrons. The molecule has 0 spiro atoms. The molecule has 1 aliphatic rings. The first-order valence-corrected chi connectivity index (χ1v) is 4.29. The summed E-state index contributed by atoms with van der Waals surface area (Å²) in [6.07, 6.45) is -4.96. The van der Waals surface area contributed by atoms with Gasteiger partial charge in [-0.25, -0.2) is 0 Å². The Hall–Kier alpha value is -0.820. The SMILES string of the molecule is COC(=O)[C@@H]1C[C@@](OC)(C(F)(F)F)CN1. The second kappa shape index (κ2) is 3.97. The van der Waals surface area contributed by atoms with E-state index in [1.54, 1.807) is 0 Å². The molecule has 1 fully saturated rings.